The Morgan fingerprint density at radius 2 is 1.73 bits per heavy atom. The molecule has 0 saturated heterocycles. The molecule has 0 aliphatic heterocycles. The largest absolute Gasteiger partial charge is 0.468 e. The Kier molecular flexibility index (Phi) is 4.84. The van der Waals surface area contributed by atoms with E-state index in [0.717, 1.165) is 12.3 Å². The third kappa shape index (κ3) is 4.04. The maximum atomic E-state index is 5.50. The van der Waals surface area contributed by atoms with E-state index in [1.54, 1.807) is 12.5 Å². The van der Waals surface area contributed by atoms with E-state index in [1.807, 2.05) is 48.5 Å². The summed E-state index contributed by atoms with van der Waals surface area (Å²) in [4.78, 5) is 10.9. The molecule has 0 atom stereocenters. The van der Waals surface area contributed by atoms with Gasteiger partial charge in [-0.05, 0) is 29.8 Å². The molecule has 0 aliphatic rings. The van der Waals surface area contributed by atoms with Crippen LogP contribution in [0.4, 0.5) is 0 Å². The zero-order chi connectivity index (χ0) is 17.6. The number of pyridine rings is 1. The fourth-order valence-corrected chi connectivity index (χ4v) is 2.74. The molecule has 26 heavy (non-hydrogen) atoms. The lowest BCUT2D eigenvalue weighted by Gasteiger charge is -2.19. The number of nitrogens with zero attached hydrogens (tertiary/aromatic N) is 4. The number of benzene rings is 1. The standard InChI is InChI=1S/C20H18N4O2/c1-2-7-16(8-3-1)13-24(14-17-9-6-12-25-17)15-19-22-20(23-26-19)18-10-4-5-11-21-18/h1-12H,13-15H2. The molecule has 6 heteroatoms. The zero-order valence-electron chi connectivity index (χ0n) is 14.2. The number of furan rings is 1. The van der Waals surface area contributed by atoms with Gasteiger partial charge in [-0.15, -0.1) is 0 Å². The summed E-state index contributed by atoms with van der Waals surface area (Å²) in [5.74, 6) is 1.94. The van der Waals surface area contributed by atoms with E-state index < -0.39 is 0 Å². The van der Waals surface area contributed by atoms with Crippen molar-refractivity contribution in [3.8, 4) is 11.5 Å². The maximum Gasteiger partial charge on any atom is 0.241 e. The SMILES string of the molecule is c1ccc(CN(Cc2ccco2)Cc2nc(-c3ccccn3)no2)cc1. The van der Waals surface area contributed by atoms with Crippen LogP contribution in [0, 0.1) is 0 Å². The van der Waals surface area contributed by atoms with Gasteiger partial charge in [-0.1, -0.05) is 41.6 Å². The Labute approximate surface area is 151 Å². The molecule has 1 aromatic carbocycles. The van der Waals surface area contributed by atoms with E-state index in [9.17, 15) is 0 Å². The first-order valence-corrected chi connectivity index (χ1v) is 8.39. The Hall–Kier alpha value is -3.25. The van der Waals surface area contributed by atoms with Gasteiger partial charge in [0.1, 0.15) is 11.5 Å². The number of hydrogen-bond acceptors (Lipinski definition) is 6. The average molecular weight is 346 g/mol. The van der Waals surface area contributed by atoms with Crippen molar-refractivity contribution in [3.63, 3.8) is 0 Å². The highest BCUT2D eigenvalue weighted by Crippen LogP contribution is 2.16. The van der Waals surface area contributed by atoms with Crippen molar-refractivity contribution in [2.24, 2.45) is 0 Å². The smallest absolute Gasteiger partial charge is 0.241 e. The Morgan fingerprint density at radius 3 is 2.50 bits per heavy atom. The van der Waals surface area contributed by atoms with Gasteiger partial charge in [-0.3, -0.25) is 9.88 Å². The summed E-state index contributed by atoms with van der Waals surface area (Å²) in [5, 5.41) is 4.04. The highest BCUT2D eigenvalue weighted by atomic mass is 16.5. The number of aromatic nitrogens is 3. The van der Waals surface area contributed by atoms with Crippen LogP contribution >= 0.6 is 0 Å². The van der Waals surface area contributed by atoms with Crippen molar-refractivity contribution in [1.29, 1.82) is 0 Å². The first-order chi connectivity index (χ1) is 12.9. The van der Waals surface area contributed by atoms with Crippen LogP contribution < -0.4 is 0 Å². The van der Waals surface area contributed by atoms with Crippen LogP contribution in [0.15, 0.2) is 82.1 Å². The first-order valence-electron chi connectivity index (χ1n) is 8.39. The van der Waals surface area contributed by atoms with Crippen LogP contribution in [0.2, 0.25) is 0 Å². The minimum absolute atomic E-state index is 0.498. The maximum absolute atomic E-state index is 5.50. The molecule has 4 aromatic rings. The van der Waals surface area contributed by atoms with Crippen LogP contribution in [-0.2, 0) is 19.6 Å². The fourth-order valence-electron chi connectivity index (χ4n) is 2.74. The summed E-state index contributed by atoms with van der Waals surface area (Å²) in [6.45, 7) is 1.93. The van der Waals surface area contributed by atoms with Gasteiger partial charge in [0.2, 0.25) is 11.7 Å². The lowest BCUT2D eigenvalue weighted by molar-refractivity contribution is 0.196. The van der Waals surface area contributed by atoms with Gasteiger partial charge < -0.3 is 8.94 Å². The predicted octanol–water partition coefficient (Wildman–Crippen LogP) is 3.93. The van der Waals surface area contributed by atoms with E-state index in [2.05, 4.69) is 32.2 Å². The van der Waals surface area contributed by atoms with Crippen LogP contribution in [0.25, 0.3) is 11.5 Å². The Bertz CT molecular complexity index is 921. The second-order valence-electron chi connectivity index (χ2n) is 5.94. The summed E-state index contributed by atoms with van der Waals surface area (Å²) in [5.41, 5.74) is 1.91. The summed E-state index contributed by atoms with van der Waals surface area (Å²) in [6.07, 6.45) is 3.39. The summed E-state index contributed by atoms with van der Waals surface area (Å²) in [7, 11) is 0. The molecule has 0 saturated carbocycles. The normalized spacial score (nSPS) is 11.1. The molecule has 0 fully saturated rings. The molecule has 130 valence electrons. The molecule has 0 unspecified atom stereocenters. The van der Waals surface area contributed by atoms with E-state index >= 15 is 0 Å². The van der Waals surface area contributed by atoms with E-state index in [4.69, 9.17) is 8.94 Å². The predicted molar refractivity (Wildman–Crippen MR) is 95.6 cm³/mol. The fraction of sp³-hybridized carbons (Fsp3) is 0.150. The molecule has 0 spiro atoms. The van der Waals surface area contributed by atoms with Crippen molar-refractivity contribution in [3.05, 3.63) is 90.3 Å². The highest BCUT2D eigenvalue weighted by Gasteiger charge is 2.15. The number of rotatable bonds is 7. The topological polar surface area (TPSA) is 68.2 Å². The van der Waals surface area contributed by atoms with Crippen molar-refractivity contribution in [2.75, 3.05) is 0 Å². The molecule has 0 N–H and O–H groups in total. The average Bonchev–Trinajstić information content (AvgIpc) is 3.35. The molecule has 6 nitrogen and oxygen atoms in total. The molecule has 0 radical (unpaired) electrons. The van der Waals surface area contributed by atoms with Gasteiger partial charge in [0, 0.05) is 12.7 Å². The van der Waals surface area contributed by atoms with Gasteiger partial charge in [-0.25, -0.2) is 0 Å². The van der Waals surface area contributed by atoms with Crippen LogP contribution in [-0.4, -0.2) is 20.0 Å². The Morgan fingerprint density at radius 1 is 0.846 bits per heavy atom. The minimum atomic E-state index is 0.498. The van der Waals surface area contributed by atoms with Gasteiger partial charge in [0.25, 0.3) is 0 Å². The van der Waals surface area contributed by atoms with Crippen LogP contribution in [0.5, 0.6) is 0 Å². The lowest BCUT2D eigenvalue weighted by atomic mass is 10.2. The third-order valence-electron chi connectivity index (χ3n) is 3.93. The van der Waals surface area contributed by atoms with Gasteiger partial charge in [0.15, 0.2) is 0 Å². The lowest BCUT2D eigenvalue weighted by Crippen LogP contribution is -2.22. The van der Waals surface area contributed by atoms with E-state index in [1.165, 1.54) is 5.56 Å². The van der Waals surface area contributed by atoms with Crippen molar-refractivity contribution >= 4 is 0 Å². The molecule has 0 aliphatic carbocycles. The minimum Gasteiger partial charge on any atom is -0.468 e. The molecule has 0 bridgehead atoms. The first kappa shape index (κ1) is 16.2. The summed E-state index contributed by atoms with van der Waals surface area (Å²) in [6, 6.07) is 19.7. The molecular weight excluding hydrogens is 328 g/mol. The molecular formula is C20H18N4O2. The number of hydrogen-bond donors (Lipinski definition) is 0. The van der Waals surface area contributed by atoms with Crippen molar-refractivity contribution in [2.45, 2.75) is 19.6 Å². The molecule has 0 amide bonds. The summed E-state index contributed by atoms with van der Waals surface area (Å²) >= 11 is 0. The second-order valence-corrected chi connectivity index (χ2v) is 5.94. The quantitative estimate of drug-likeness (QED) is 0.505. The molecule has 4 rings (SSSR count). The second kappa shape index (κ2) is 7.76. The van der Waals surface area contributed by atoms with Gasteiger partial charge >= 0.3 is 0 Å². The molecule has 3 aromatic heterocycles. The zero-order valence-corrected chi connectivity index (χ0v) is 14.2. The van der Waals surface area contributed by atoms with Gasteiger partial charge in [-0.2, -0.15) is 4.98 Å². The molecule has 3 heterocycles. The van der Waals surface area contributed by atoms with Crippen LogP contribution in [0.1, 0.15) is 17.2 Å². The van der Waals surface area contributed by atoms with Crippen molar-refractivity contribution in [1.82, 2.24) is 20.0 Å². The monoisotopic (exact) mass is 346 g/mol. The van der Waals surface area contributed by atoms with Crippen LogP contribution in [0.3, 0.4) is 0 Å². The Balaban J connectivity index is 1.51. The van der Waals surface area contributed by atoms with Gasteiger partial charge in [0.05, 0.1) is 19.4 Å². The highest BCUT2D eigenvalue weighted by molar-refractivity contribution is 5.46. The van der Waals surface area contributed by atoms with E-state index in [0.29, 0.717) is 30.5 Å². The van der Waals surface area contributed by atoms with E-state index in [-0.39, 0.29) is 0 Å². The summed E-state index contributed by atoms with van der Waals surface area (Å²) < 4.78 is 10.9. The van der Waals surface area contributed by atoms with Crippen molar-refractivity contribution < 1.29 is 8.94 Å². The third-order valence-corrected chi connectivity index (χ3v) is 3.93.